The second-order valence-electron chi connectivity index (χ2n) is 6.49. The lowest BCUT2D eigenvalue weighted by Gasteiger charge is -2.23. The number of nitrogens with zero attached hydrogens (tertiary/aromatic N) is 4. The molecule has 1 aliphatic heterocycles. The van der Waals surface area contributed by atoms with Gasteiger partial charge in [-0.3, -0.25) is 4.79 Å². The molecule has 1 fully saturated rings. The molecule has 3 aromatic heterocycles. The molecule has 0 radical (unpaired) electrons. The Morgan fingerprint density at radius 1 is 1.25 bits per heavy atom. The molecule has 124 valence electrons. The third kappa shape index (κ3) is 2.29. The minimum atomic E-state index is -0.0288. The Morgan fingerprint density at radius 3 is 2.83 bits per heavy atom. The smallest absolute Gasteiger partial charge is 0.274 e. The Kier molecular flexibility index (Phi) is 3.40. The largest absolute Gasteiger partial charge is 0.361 e. The monoisotopic (exact) mass is 324 g/mol. The van der Waals surface area contributed by atoms with Gasteiger partial charge in [-0.25, -0.2) is 4.98 Å². The van der Waals surface area contributed by atoms with E-state index in [1.54, 1.807) is 0 Å². The van der Waals surface area contributed by atoms with Crippen LogP contribution in [-0.4, -0.2) is 31.9 Å². The molecule has 1 amide bonds. The predicted octanol–water partition coefficient (Wildman–Crippen LogP) is 3.22. The normalized spacial score (nSPS) is 17.8. The summed E-state index contributed by atoms with van der Waals surface area (Å²) in [6, 6.07) is 3.95. The molecular formula is C18H20N4O2. The van der Waals surface area contributed by atoms with Gasteiger partial charge in [0.25, 0.3) is 5.91 Å². The van der Waals surface area contributed by atoms with E-state index in [1.807, 2.05) is 54.6 Å². The molecule has 0 aromatic carbocycles. The van der Waals surface area contributed by atoms with Crippen molar-refractivity contribution in [2.75, 3.05) is 6.54 Å². The Balaban J connectivity index is 1.69. The predicted molar refractivity (Wildman–Crippen MR) is 88.9 cm³/mol. The topological polar surface area (TPSA) is 63.6 Å². The summed E-state index contributed by atoms with van der Waals surface area (Å²) in [7, 11) is 0. The minimum absolute atomic E-state index is 0.0234. The molecule has 24 heavy (non-hydrogen) atoms. The summed E-state index contributed by atoms with van der Waals surface area (Å²) in [5.74, 6) is 0.765. The molecule has 1 unspecified atom stereocenters. The van der Waals surface area contributed by atoms with Crippen LogP contribution in [0.25, 0.3) is 5.65 Å². The lowest BCUT2D eigenvalue weighted by molar-refractivity contribution is 0.0729. The lowest BCUT2D eigenvalue weighted by atomic mass is 10.0. The number of rotatable bonds is 2. The first-order chi connectivity index (χ1) is 11.5. The lowest BCUT2D eigenvalue weighted by Crippen LogP contribution is -2.31. The van der Waals surface area contributed by atoms with Gasteiger partial charge < -0.3 is 13.8 Å². The third-order valence-electron chi connectivity index (χ3n) is 4.75. The standard InChI is InChI=1S/C18H20N4O2/c1-11-6-7-16-19-14(10-21(16)9-11)18(23)22-8-4-5-15(22)17-12(2)20-24-13(17)3/h6-7,9-10,15H,4-5,8H2,1-3H3. The van der Waals surface area contributed by atoms with Crippen LogP contribution in [0.3, 0.4) is 0 Å². The highest BCUT2D eigenvalue weighted by Crippen LogP contribution is 2.36. The Hall–Kier alpha value is -2.63. The summed E-state index contributed by atoms with van der Waals surface area (Å²) in [6.07, 6.45) is 5.70. The molecule has 4 rings (SSSR count). The van der Waals surface area contributed by atoms with E-state index in [4.69, 9.17) is 4.52 Å². The van der Waals surface area contributed by atoms with Crippen LogP contribution >= 0.6 is 0 Å². The van der Waals surface area contributed by atoms with Gasteiger partial charge in [0.2, 0.25) is 0 Å². The highest BCUT2D eigenvalue weighted by molar-refractivity contribution is 5.93. The van der Waals surface area contributed by atoms with Gasteiger partial charge in [-0.05, 0) is 45.2 Å². The number of aryl methyl sites for hydroxylation is 3. The molecule has 3 aromatic rings. The van der Waals surface area contributed by atoms with Crippen molar-refractivity contribution in [2.45, 2.75) is 39.7 Å². The molecule has 6 heteroatoms. The van der Waals surface area contributed by atoms with Gasteiger partial charge in [0, 0.05) is 24.5 Å². The van der Waals surface area contributed by atoms with Gasteiger partial charge in [0.1, 0.15) is 17.1 Å². The van der Waals surface area contributed by atoms with E-state index in [-0.39, 0.29) is 11.9 Å². The van der Waals surface area contributed by atoms with E-state index in [1.165, 1.54) is 0 Å². The highest BCUT2D eigenvalue weighted by atomic mass is 16.5. The Labute approximate surface area is 140 Å². The quantitative estimate of drug-likeness (QED) is 0.726. The molecule has 0 N–H and O–H groups in total. The van der Waals surface area contributed by atoms with Crippen LogP contribution in [0.2, 0.25) is 0 Å². The third-order valence-corrected chi connectivity index (χ3v) is 4.75. The number of aromatic nitrogens is 3. The minimum Gasteiger partial charge on any atom is -0.361 e. The fourth-order valence-corrected chi connectivity index (χ4v) is 3.63. The van der Waals surface area contributed by atoms with Gasteiger partial charge in [-0.15, -0.1) is 0 Å². The number of amides is 1. The van der Waals surface area contributed by atoms with Crippen molar-refractivity contribution in [1.82, 2.24) is 19.4 Å². The van der Waals surface area contributed by atoms with Crippen LogP contribution < -0.4 is 0 Å². The van der Waals surface area contributed by atoms with E-state index < -0.39 is 0 Å². The van der Waals surface area contributed by atoms with Crippen molar-refractivity contribution in [3.05, 3.63) is 52.8 Å². The summed E-state index contributed by atoms with van der Waals surface area (Å²) in [6.45, 7) is 6.60. The molecule has 6 nitrogen and oxygen atoms in total. The number of pyridine rings is 1. The van der Waals surface area contributed by atoms with E-state index in [2.05, 4.69) is 10.1 Å². The molecule has 0 bridgehead atoms. The van der Waals surface area contributed by atoms with Crippen LogP contribution in [0.5, 0.6) is 0 Å². The number of hydrogen-bond acceptors (Lipinski definition) is 4. The average Bonchev–Trinajstić information content (AvgIpc) is 3.25. The fourth-order valence-electron chi connectivity index (χ4n) is 3.63. The Bertz CT molecular complexity index is 905. The number of hydrogen-bond donors (Lipinski definition) is 0. The number of fused-ring (bicyclic) bond motifs is 1. The summed E-state index contributed by atoms with van der Waals surface area (Å²) in [5.41, 5.74) is 4.31. The SMILES string of the molecule is Cc1ccc2nc(C(=O)N3CCCC3c3c(C)noc3C)cn2c1. The average molecular weight is 324 g/mol. The van der Waals surface area contributed by atoms with Crippen LogP contribution in [0.1, 0.15) is 52.0 Å². The maximum atomic E-state index is 13.0. The van der Waals surface area contributed by atoms with E-state index in [0.717, 1.165) is 47.6 Å². The molecule has 0 aliphatic carbocycles. The second kappa shape index (κ2) is 5.47. The van der Waals surface area contributed by atoms with Crippen LogP contribution in [0, 0.1) is 20.8 Å². The number of imidazole rings is 1. The first-order valence-corrected chi connectivity index (χ1v) is 8.23. The first-order valence-electron chi connectivity index (χ1n) is 8.23. The van der Waals surface area contributed by atoms with E-state index in [9.17, 15) is 4.79 Å². The van der Waals surface area contributed by atoms with Crippen molar-refractivity contribution in [3.8, 4) is 0 Å². The summed E-state index contributed by atoms with van der Waals surface area (Å²) in [5, 5.41) is 4.04. The van der Waals surface area contributed by atoms with Crippen molar-refractivity contribution < 1.29 is 9.32 Å². The van der Waals surface area contributed by atoms with Crippen molar-refractivity contribution in [2.24, 2.45) is 0 Å². The molecule has 4 heterocycles. The van der Waals surface area contributed by atoms with Crippen LogP contribution in [0.4, 0.5) is 0 Å². The fraction of sp³-hybridized carbons (Fsp3) is 0.389. The zero-order valence-corrected chi connectivity index (χ0v) is 14.1. The van der Waals surface area contributed by atoms with Crippen molar-refractivity contribution >= 4 is 11.6 Å². The second-order valence-corrected chi connectivity index (χ2v) is 6.49. The van der Waals surface area contributed by atoms with E-state index >= 15 is 0 Å². The molecule has 1 saturated heterocycles. The van der Waals surface area contributed by atoms with Gasteiger partial charge >= 0.3 is 0 Å². The van der Waals surface area contributed by atoms with Crippen LogP contribution in [-0.2, 0) is 0 Å². The van der Waals surface area contributed by atoms with Crippen LogP contribution in [0.15, 0.2) is 29.0 Å². The number of carbonyl (C=O) groups excluding carboxylic acids is 1. The van der Waals surface area contributed by atoms with Gasteiger partial charge in [0.05, 0.1) is 11.7 Å². The van der Waals surface area contributed by atoms with E-state index in [0.29, 0.717) is 5.69 Å². The number of carbonyl (C=O) groups is 1. The zero-order chi connectivity index (χ0) is 16.8. The van der Waals surface area contributed by atoms with Gasteiger partial charge in [-0.1, -0.05) is 11.2 Å². The molecule has 0 spiro atoms. The maximum absolute atomic E-state index is 13.0. The molecular weight excluding hydrogens is 304 g/mol. The molecule has 1 atom stereocenters. The first kappa shape index (κ1) is 14.9. The molecule has 0 saturated carbocycles. The molecule has 1 aliphatic rings. The number of likely N-dealkylation sites (tertiary alicyclic amines) is 1. The summed E-state index contributed by atoms with van der Waals surface area (Å²) in [4.78, 5) is 19.4. The van der Waals surface area contributed by atoms with Gasteiger partial charge in [-0.2, -0.15) is 0 Å². The van der Waals surface area contributed by atoms with Gasteiger partial charge in [0.15, 0.2) is 0 Å². The summed E-state index contributed by atoms with van der Waals surface area (Å²) < 4.78 is 7.20. The van der Waals surface area contributed by atoms with Crippen molar-refractivity contribution in [1.29, 1.82) is 0 Å². The highest BCUT2D eigenvalue weighted by Gasteiger charge is 2.35. The summed E-state index contributed by atoms with van der Waals surface area (Å²) >= 11 is 0. The Morgan fingerprint density at radius 2 is 2.08 bits per heavy atom. The maximum Gasteiger partial charge on any atom is 0.274 e. The zero-order valence-electron chi connectivity index (χ0n) is 14.1. The van der Waals surface area contributed by atoms with Crippen molar-refractivity contribution in [3.63, 3.8) is 0 Å².